The molecule has 0 saturated heterocycles. The molecule has 2 aromatic heterocycles. The predicted molar refractivity (Wildman–Crippen MR) is 193 cm³/mol. The maximum atomic E-state index is 6.56. The van der Waals surface area contributed by atoms with Crippen molar-refractivity contribution in [3.63, 3.8) is 0 Å². The van der Waals surface area contributed by atoms with Gasteiger partial charge in [0.05, 0.1) is 5.52 Å². The van der Waals surface area contributed by atoms with Gasteiger partial charge < -0.3 is 8.98 Å². The Balaban J connectivity index is 1.15. The minimum Gasteiger partial charge on any atom is -0.456 e. The van der Waals surface area contributed by atoms with Crippen LogP contribution in [0, 0.1) is 0 Å². The Kier molecular flexibility index (Phi) is 4.71. The number of fused-ring (bicyclic) bond motifs is 11. The Morgan fingerprint density at radius 3 is 2.24 bits per heavy atom. The molecule has 2 heteroatoms. The summed E-state index contributed by atoms with van der Waals surface area (Å²) < 4.78 is 9.04. The maximum absolute atomic E-state index is 6.56. The number of benzene rings is 7. The molecule has 0 bridgehead atoms. The van der Waals surface area contributed by atoms with Crippen molar-refractivity contribution in [2.75, 3.05) is 0 Å². The average molecular weight is 586 g/mol. The van der Waals surface area contributed by atoms with Crippen LogP contribution in [0.2, 0.25) is 0 Å². The van der Waals surface area contributed by atoms with Crippen LogP contribution in [-0.4, -0.2) is 4.57 Å². The zero-order valence-corrected chi connectivity index (χ0v) is 25.0. The van der Waals surface area contributed by atoms with Crippen LogP contribution in [-0.2, 0) is 6.42 Å². The van der Waals surface area contributed by atoms with Gasteiger partial charge in [0, 0.05) is 39.2 Å². The van der Waals surface area contributed by atoms with Crippen molar-refractivity contribution >= 4 is 60.5 Å². The van der Waals surface area contributed by atoms with Crippen LogP contribution in [0.3, 0.4) is 0 Å². The Labute approximate surface area is 265 Å². The molecular formula is C44H27NO. The molecule has 0 amide bonds. The lowest BCUT2D eigenvalue weighted by Crippen LogP contribution is -2.03. The molecule has 0 N–H and O–H groups in total. The zero-order valence-electron chi connectivity index (χ0n) is 25.0. The van der Waals surface area contributed by atoms with Gasteiger partial charge in [0.15, 0.2) is 0 Å². The van der Waals surface area contributed by atoms with E-state index in [1.165, 1.54) is 93.5 Å². The van der Waals surface area contributed by atoms with E-state index in [2.05, 4.69) is 144 Å². The molecule has 11 rings (SSSR count). The molecule has 2 nitrogen and oxygen atoms in total. The molecule has 9 aromatic rings. The molecule has 0 saturated carbocycles. The second-order valence-corrected chi connectivity index (χ2v) is 12.7. The lowest BCUT2D eigenvalue weighted by molar-refractivity contribution is 0.669. The highest BCUT2D eigenvalue weighted by molar-refractivity contribution is 6.21. The second-order valence-electron chi connectivity index (χ2n) is 12.7. The lowest BCUT2D eigenvalue weighted by Gasteiger charge is -2.15. The first kappa shape index (κ1) is 24.5. The van der Waals surface area contributed by atoms with E-state index in [1.54, 1.807) is 0 Å². The highest BCUT2D eigenvalue weighted by Crippen LogP contribution is 2.49. The van der Waals surface area contributed by atoms with E-state index < -0.39 is 0 Å². The third-order valence-electron chi connectivity index (χ3n) is 10.4. The standard InChI is InChI=1S/C44H27NO/c1-2-12-30-26(9-1)19-22-41-44(30)38-24-37-33-15-5-6-18-39(33)45(40(37)25-42(38)46-41)28-11-7-10-27(23-28)29-20-21-36-32-14-4-3-13-31(32)35-17-8-16-34(29)43(35)36/h1-5,7-17,19-25H,6,18H2. The summed E-state index contributed by atoms with van der Waals surface area (Å²) in [6.45, 7) is 0. The van der Waals surface area contributed by atoms with Crippen molar-refractivity contribution in [3.05, 3.63) is 145 Å². The van der Waals surface area contributed by atoms with E-state index >= 15 is 0 Å². The van der Waals surface area contributed by atoms with Crippen molar-refractivity contribution in [1.29, 1.82) is 0 Å². The van der Waals surface area contributed by atoms with Crippen LogP contribution in [0.1, 0.15) is 17.7 Å². The average Bonchev–Trinajstić information content (AvgIpc) is 3.76. The van der Waals surface area contributed by atoms with E-state index in [-0.39, 0.29) is 0 Å². The fraction of sp³-hybridized carbons (Fsp3) is 0.0455. The first-order chi connectivity index (χ1) is 22.8. The van der Waals surface area contributed by atoms with E-state index in [0.29, 0.717) is 0 Å². The lowest BCUT2D eigenvalue weighted by atomic mass is 9.94. The molecule has 7 aromatic carbocycles. The Morgan fingerprint density at radius 2 is 1.30 bits per heavy atom. The second kappa shape index (κ2) is 8.87. The van der Waals surface area contributed by atoms with Gasteiger partial charge in [-0.2, -0.15) is 0 Å². The first-order valence-corrected chi connectivity index (χ1v) is 16.2. The highest BCUT2D eigenvalue weighted by Gasteiger charge is 2.24. The number of furan rings is 1. The van der Waals surface area contributed by atoms with Crippen LogP contribution in [0.15, 0.2) is 138 Å². The molecule has 0 fully saturated rings. The largest absolute Gasteiger partial charge is 0.456 e. The maximum Gasteiger partial charge on any atom is 0.137 e. The summed E-state index contributed by atoms with van der Waals surface area (Å²) >= 11 is 0. The summed E-state index contributed by atoms with van der Waals surface area (Å²) in [5.41, 5.74) is 14.8. The summed E-state index contributed by atoms with van der Waals surface area (Å²) in [6.07, 6.45) is 6.70. The Morgan fingerprint density at radius 1 is 0.522 bits per heavy atom. The summed E-state index contributed by atoms with van der Waals surface area (Å²) in [4.78, 5) is 0. The minimum atomic E-state index is 0.933. The molecule has 0 unspecified atom stereocenters. The van der Waals surface area contributed by atoms with Gasteiger partial charge in [-0.05, 0) is 92.0 Å². The molecule has 2 aliphatic carbocycles. The quantitative estimate of drug-likeness (QED) is 0.197. The summed E-state index contributed by atoms with van der Waals surface area (Å²) in [5, 5.41) is 8.81. The predicted octanol–water partition coefficient (Wildman–Crippen LogP) is 12.1. The van der Waals surface area contributed by atoms with E-state index in [9.17, 15) is 0 Å². The molecule has 214 valence electrons. The van der Waals surface area contributed by atoms with Gasteiger partial charge >= 0.3 is 0 Å². The number of hydrogen-bond acceptors (Lipinski definition) is 1. The molecule has 2 aliphatic rings. The van der Waals surface area contributed by atoms with Crippen molar-refractivity contribution < 1.29 is 4.42 Å². The monoisotopic (exact) mass is 585 g/mol. The van der Waals surface area contributed by atoms with Crippen LogP contribution in [0.4, 0.5) is 0 Å². The fourth-order valence-electron chi connectivity index (χ4n) is 8.43. The number of nitrogens with zero attached hydrogens (tertiary/aromatic N) is 1. The van der Waals surface area contributed by atoms with Crippen molar-refractivity contribution in [2.24, 2.45) is 0 Å². The normalized spacial score (nSPS) is 13.4. The van der Waals surface area contributed by atoms with Crippen LogP contribution >= 0.6 is 0 Å². The van der Waals surface area contributed by atoms with E-state index in [1.807, 2.05) is 0 Å². The Bertz CT molecular complexity index is 2780. The van der Waals surface area contributed by atoms with Crippen LogP contribution in [0.5, 0.6) is 0 Å². The van der Waals surface area contributed by atoms with Crippen molar-refractivity contribution in [1.82, 2.24) is 4.57 Å². The van der Waals surface area contributed by atoms with Gasteiger partial charge in [0.25, 0.3) is 0 Å². The number of aromatic nitrogens is 1. The molecule has 0 spiro atoms. The van der Waals surface area contributed by atoms with Gasteiger partial charge in [-0.15, -0.1) is 0 Å². The van der Waals surface area contributed by atoms with Gasteiger partial charge in [0.2, 0.25) is 0 Å². The smallest absolute Gasteiger partial charge is 0.137 e. The van der Waals surface area contributed by atoms with Gasteiger partial charge in [-0.25, -0.2) is 0 Å². The molecule has 2 heterocycles. The summed E-state index contributed by atoms with van der Waals surface area (Å²) in [6, 6.07) is 46.8. The molecule has 0 radical (unpaired) electrons. The van der Waals surface area contributed by atoms with Crippen LogP contribution < -0.4 is 0 Å². The summed E-state index contributed by atoms with van der Waals surface area (Å²) in [7, 11) is 0. The number of allylic oxidation sites excluding steroid dienone is 1. The molecular weight excluding hydrogens is 558 g/mol. The first-order valence-electron chi connectivity index (χ1n) is 16.2. The Hall–Kier alpha value is -5.86. The van der Waals surface area contributed by atoms with Crippen molar-refractivity contribution in [2.45, 2.75) is 12.8 Å². The molecule has 0 atom stereocenters. The topological polar surface area (TPSA) is 18.1 Å². The van der Waals surface area contributed by atoms with Gasteiger partial charge in [0.1, 0.15) is 11.2 Å². The molecule has 0 aliphatic heterocycles. The third kappa shape index (κ3) is 3.15. The molecule has 46 heavy (non-hydrogen) atoms. The fourth-order valence-corrected chi connectivity index (χ4v) is 8.43. The van der Waals surface area contributed by atoms with E-state index in [0.717, 1.165) is 24.0 Å². The SMILES string of the molecule is C1=Cc2c(n(-c3cccc(-c4ccc5c6c(cccc46)-c4ccccc4-5)c3)c3cc4oc5ccc6ccccc6c5c4cc23)CC1. The zero-order chi connectivity index (χ0) is 29.9. The third-order valence-corrected chi connectivity index (χ3v) is 10.4. The number of rotatable bonds is 2. The minimum absolute atomic E-state index is 0.933. The van der Waals surface area contributed by atoms with Crippen LogP contribution in [0.25, 0.3) is 99.5 Å². The number of hydrogen-bond donors (Lipinski definition) is 0. The highest BCUT2D eigenvalue weighted by atomic mass is 16.3. The van der Waals surface area contributed by atoms with Gasteiger partial charge in [-0.1, -0.05) is 109 Å². The van der Waals surface area contributed by atoms with E-state index in [4.69, 9.17) is 4.42 Å². The van der Waals surface area contributed by atoms with Gasteiger partial charge in [-0.3, -0.25) is 0 Å². The van der Waals surface area contributed by atoms with Crippen molar-refractivity contribution in [3.8, 4) is 39.1 Å². The summed E-state index contributed by atoms with van der Waals surface area (Å²) in [5.74, 6) is 0.